The van der Waals surface area contributed by atoms with Gasteiger partial charge >= 0.3 is 6.18 Å². The number of benzene rings is 2. The van der Waals surface area contributed by atoms with Crippen LogP contribution in [0.1, 0.15) is 21.5 Å². The van der Waals surface area contributed by atoms with Crippen LogP contribution in [-0.2, 0) is 6.18 Å². The number of aromatic hydroxyl groups is 1. The van der Waals surface area contributed by atoms with Crippen molar-refractivity contribution in [2.45, 2.75) is 6.18 Å². The molecule has 0 saturated carbocycles. The molecule has 0 amide bonds. The van der Waals surface area contributed by atoms with Crippen molar-refractivity contribution in [3.63, 3.8) is 0 Å². The van der Waals surface area contributed by atoms with Gasteiger partial charge in [0.1, 0.15) is 5.75 Å². The number of rotatable bonds is 3. The molecule has 108 valence electrons. The molecule has 2 aromatic carbocycles. The fraction of sp³-hybridized carbons (Fsp3) is 0.0625. The van der Waals surface area contributed by atoms with Crippen molar-refractivity contribution < 1.29 is 23.1 Å². The molecule has 0 aliphatic carbocycles. The molecule has 2 aromatic rings. The third kappa shape index (κ3) is 3.72. The van der Waals surface area contributed by atoms with Crippen LogP contribution in [0.4, 0.5) is 13.2 Å². The van der Waals surface area contributed by atoms with Crippen LogP contribution >= 0.6 is 0 Å². The standard InChI is InChI=1S/C16H11F3O2/c17-16(18,19)14-4-2-1-3-13(14)15(21)10-7-11-5-8-12(20)9-6-11/h1-10,20H/b10-7+. The zero-order valence-electron chi connectivity index (χ0n) is 10.8. The molecule has 2 rings (SSSR count). The van der Waals surface area contributed by atoms with Crippen LogP contribution in [-0.4, -0.2) is 10.9 Å². The van der Waals surface area contributed by atoms with E-state index < -0.39 is 17.5 Å². The number of alkyl halides is 3. The van der Waals surface area contributed by atoms with E-state index in [1.165, 1.54) is 30.3 Å². The number of phenolic OH excluding ortho intramolecular Hbond substituents is 1. The van der Waals surface area contributed by atoms with E-state index in [0.29, 0.717) is 5.56 Å². The second kappa shape index (κ2) is 5.83. The minimum Gasteiger partial charge on any atom is -0.508 e. The lowest BCUT2D eigenvalue weighted by Gasteiger charge is -2.10. The Kier molecular flexibility index (Phi) is 4.12. The first kappa shape index (κ1) is 14.8. The lowest BCUT2D eigenvalue weighted by atomic mass is 10.0. The Labute approximate surface area is 119 Å². The summed E-state index contributed by atoms with van der Waals surface area (Å²) < 4.78 is 38.4. The summed E-state index contributed by atoms with van der Waals surface area (Å²) >= 11 is 0. The highest BCUT2D eigenvalue weighted by molar-refractivity contribution is 6.07. The van der Waals surface area contributed by atoms with Crippen molar-refractivity contribution in [1.29, 1.82) is 0 Å². The highest BCUT2D eigenvalue weighted by atomic mass is 19.4. The maximum Gasteiger partial charge on any atom is 0.417 e. The van der Waals surface area contributed by atoms with Gasteiger partial charge in [-0.3, -0.25) is 4.79 Å². The van der Waals surface area contributed by atoms with E-state index in [-0.39, 0.29) is 11.3 Å². The Morgan fingerprint density at radius 1 is 1.00 bits per heavy atom. The zero-order chi connectivity index (χ0) is 15.5. The molecular formula is C16H11F3O2. The van der Waals surface area contributed by atoms with Crippen molar-refractivity contribution in [2.75, 3.05) is 0 Å². The molecule has 0 radical (unpaired) electrons. The smallest absolute Gasteiger partial charge is 0.417 e. The molecule has 0 spiro atoms. The predicted molar refractivity (Wildman–Crippen MR) is 72.9 cm³/mol. The van der Waals surface area contributed by atoms with Gasteiger partial charge in [0.2, 0.25) is 0 Å². The first-order chi connectivity index (χ1) is 9.88. The largest absolute Gasteiger partial charge is 0.508 e. The van der Waals surface area contributed by atoms with Crippen LogP contribution in [0.3, 0.4) is 0 Å². The molecule has 0 saturated heterocycles. The summed E-state index contributed by atoms with van der Waals surface area (Å²) in [6.45, 7) is 0. The van der Waals surface area contributed by atoms with Crippen LogP contribution in [0.5, 0.6) is 5.75 Å². The van der Waals surface area contributed by atoms with Crippen molar-refractivity contribution in [3.8, 4) is 5.75 Å². The summed E-state index contributed by atoms with van der Waals surface area (Å²) in [5, 5.41) is 9.12. The maximum absolute atomic E-state index is 12.8. The van der Waals surface area contributed by atoms with E-state index in [0.717, 1.165) is 18.2 Å². The molecule has 0 aliphatic heterocycles. The Morgan fingerprint density at radius 2 is 1.62 bits per heavy atom. The number of carbonyl (C=O) groups excluding carboxylic acids is 1. The summed E-state index contributed by atoms with van der Waals surface area (Å²) in [7, 11) is 0. The second-order valence-electron chi connectivity index (χ2n) is 4.33. The summed E-state index contributed by atoms with van der Waals surface area (Å²) in [4.78, 5) is 11.9. The molecule has 0 atom stereocenters. The summed E-state index contributed by atoms with van der Waals surface area (Å²) in [5.74, 6) is -0.656. The maximum atomic E-state index is 12.8. The number of hydrogen-bond donors (Lipinski definition) is 1. The zero-order valence-corrected chi connectivity index (χ0v) is 10.8. The fourth-order valence-electron chi connectivity index (χ4n) is 1.79. The van der Waals surface area contributed by atoms with Crippen LogP contribution in [0, 0.1) is 0 Å². The van der Waals surface area contributed by atoms with Crippen LogP contribution in [0.15, 0.2) is 54.6 Å². The lowest BCUT2D eigenvalue weighted by Crippen LogP contribution is -2.11. The molecule has 2 nitrogen and oxygen atoms in total. The van der Waals surface area contributed by atoms with Gasteiger partial charge in [0.15, 0.2) is 5.78 Å². The third-order valence-electron chi connectivity index (χ3n) is 2.82. The third-order valence-corrected chi connectivity index (χ3v) is 2.82. The molecule has 21 heavy (non-hydrogen) atoms. The molecule has 0 bridgehead atoms. The predicted octanol–water partition coefficient (Wildman–Crippen LogP) is 4.31. The molecule has 5 heteroatoms. The van der Waals surface area contributed by atoms with Crippen LogP contribution < -0.4 is 0 Å². The van der Waals surface area contributed by atoms with Crippen molar-refractivity contribution in [1.82, 2.24) is 0 Å². The quantitative estimate of drug-likeness (QED) is 0.676. The van der Waals surface area contributed by atoms with Gasteiger partial charge in [-0.1, -0.05) is 36.4 Å². The molecular weight excluding hydrogens is 281 g/mol. The molecule has 0 unspecified atom stereocenters. The Morgan fingerprint density at radius 3 is 2.24 bits per heavy atom. The van der Waals surface area contributed by atoms with Gasteiger partial charge in [0, 0.05) is 5.56 Å². The van der Waals surface area contributed by atoms with E-state index in [4.69, 9.17) is 5.11 Å². The number of phenols is 1. The minimum atomic E-state index is -4.57. The van der Waals surface area contributed by atoms with Gasteiger partial charge in [0.05, 0.1) is 5.56 Å². The average Bonchev–Trinajstić information content (AvgIpc) is 2.45. The lowest BCUT2D eigenvalue weighted by molar-refractivity contribution is -0.137. The SMILES string of the molecule is O=C(/C=C/c1ccc(O)cc1)c1ccccc1C(F)(F)F. The Balaban J connectivity index is 2.27. The Bertz CT molecular complexity index is 671. The first-order valence-corrected chi connectivity index (χ1v) is 6.05. The topological polar surface area (TPSA) is 37.3 Å². The van der Waals surface area contributed by atoms with Crippen LogP contribution in [0.2, 0.25) is 0 Å². The number of carbonyl (C=O) groups is 1. The second-order valence-corrected chi connectivity index (χ2v) is 4.33. The van der Waals surface area contributed by atoms with E-state index in [1.807, 2.05) is 0 Å². The summed E-state index contributed by atoms with van der Waals surface area (Å²) in [6.07, 6.45) is -2.09. The Hall–Kier alpha value is -2.56. The van der Waals surface area contributed by atoms with E-state index in [1.54, 1.807) is 12.1 Å². The highest BCUT2D eigenvalue weighted by Gasteiger charge is 2.34. The molecule has 1 N–H and O–H groups in total. The molecule has 0 fully saturated rings. The van der Waals surface area contributed by atoms with Gasteiger partial charge in [-0.2, -0.15) is 13.2 Å². The van der Waals surface area contributed by atoms with E-state index in [2.05, 4.69) is 0 Å². The molecule has 0 aromatic heterocycles. The van der Waals surface area contributed by atoms with Gasteiger partial charge in [-0.05, 0) is 29.8 Å². The summed E-state index contributed by atoms with van der Waals surface area (Å²) in [6, 6.07) is 10.6. The number of allylic oxidation sites excluding steroid dienone is 1. The first-order valence-electron chi connectivity index (χ1n) is 6.05. The van der Waals surface area contributed by atoms with Crippen molar-refractivity contribution in [3.05, 3.63) is 71.3 Å². The molecule has 0 heterocycles. The van der Waals surface area contributed by atoms with E-state index >= 15 is 0 Å². The van der Waals surface area contributed by atoms with Crippen molar-refractivity contribution in [2.24, 2.45) is 0 Å². The number of hydrogen-bond acceptors (Lipinski definition) is 2. The summed E-state index contributed by atoms with van der Waals surface area (Å²) in [5.41, 5.74) is -0.740. The highest BCUT2D eigenvalue weighted by Crippen LogP contribution is 2.32. The van der Waals surface area contributed by atoms with Gasteiger partial charge in [0.25, 0.3) is 0 Å². The average molecular weight is 292 g/mol. The molecule has 0 aliphatic rings. The fourth-order valence-corrected chi connectivity index (χ4v) is 1.79. The normalized spacial score (nSPS) is 11.8. The van der Waals surface area contributed by atoms with Crippen molar-refractivity contribution >= 4 is 11.9 Å². The van der Waals surface area contributed by atoms with Gasteiger partial charge in [-0.25, -0.2) is 0 Å². The van der Waals surface area contributed by atoms with E-state index in [9.17, 15) is 18.0 Å². The van der Waals surface area contributed by atoms with Gasteiger partial charge < -0.3 is 5.11 Å². The van der Waals surface area contributed by atoms with Crippen LogP contribution in [0.25, 0.3) is 6.08 Å². The minimum absolute atomic E-state index is 0.0703. The monoisotopic (exact) mass is 292 g/mol. The number of halogens is 3. The number of ketones is 1. The van der Waals surface area contributed by atoms with Gasteiger partial charge in [-0.15, -0.1) is 0 Å².